The predicted molar refractivity (Wildman–Crippen MR) is 73.9 cm³/mol. The molecule has 106 valence electrons. The van der Waals surface area contributed by atoms with Crippen LogP contribution < -0.4 is 5.32 Å². The molecule has 0 aliphatic rings. The monoisotopic (exact) mass is 287 g/mol. The lowest BCUT2D eigenvalue weighted by molar-refractivity contribution is -0.144. The maximum absolute atomic E-state index is 13.0. The van der Waals surface area contributed by atoms with E-state index in [2.05, 4.69) is 5.32 Å². The van der Waals surface area contributed by atoms with Crippen LogP contribution in [0.25, 0.3) is 0 Å². The second-order valence-corrected chi connectivity index (χ2v) is 5.33. The average Bonchev–Trinajstić information content (AvgIpc) is 2.28. The van der Waals surface area contributed by atoms with Crippen molar-refractivity contribution in [2.24, 2.45) is 0 Å². The Hall–Kier alpha value is -1.13. The summed E-state index contributed by atoms with van der Waals surface area (Å²) in [5.74, 6) is -1.31. The van der Waals surface area contributed by atoms with Crippen molar-refractivity contribution < 1.29 is 14.3 Å². The molecule has 2 atom stereocenters. The molecule has 0 saturated carbocycles. The number of benzene rings is 1. The number of nitrogens with one attached hydrogen (secondary N) is 1. The summed E-state index contributed by atoms with van der Waals surface area (Å²) in [4.78, 5) is 11.4. The summed E-state index contributed by atoms with van der Waals surface area (Å²) >= 11 is 5.98. The normalized spacial score (nSPS) is 15.8. The first kappa shape index (κ1) is 15.9. The Bertz CT molecular complexity index is 467. The molecule has 2 N–H and O–H groups in total. The van der Waals surface area contributed by atoms with Gasteiger partial charge in [-0.2, -0.15) is 0 Å². The summed E-state index contributed by atoms with van der Waals surface area (Å²) in [6, 6.07) is 3.84. The van der Waals surface area contributed by atoms with Crippen LogP contribution in [-0.4, -0.2) is 16.6 Å². The molecule has 0 spiro atoms. The molecule has 0 amide bonds. The molecular weight excluding hydrogens is 269 g/mol. The SMILES string of the molecule is CCCC(C)(NC(C)c1ccc(F)cc1Cl)C(=O)O. The van der Waals surface area contributed by atoms with Gasteiger partial charge in [0.1, 0.15) is 11.4 Å². The number of halogens is 2. The van der Waals surface area contributed by atoms with E-state index < -0.39 is 17.3 Å². The number of hydrogen-bond donors (Lipinski definition) is 2. The van der Waals surface area contributed by atoms with Crippen molar-refractivity contribution in [1.29, 1.82) is 0 Å². The van der Waals surface area contributed by atoms with Gasteiger partial charge in [-0.25, -0.2) is 4.39 Å². The molecule has 19 heavy (non-hydrogen) atoms. The lowest BCUT2D eigenvalue weighted by Crippen LogP contribution is -2.50. The Morgan fingerprint density at radius 3 is 2.68 bits per heavy atom. The third-order valence-corrected chi connectivity index (χ3v) is 3.51. The molecule has 5 heteroatoms. The van der Waals surface area contributed by atoms with E-state index in [0.29, 0.717) is 17.0 Å². The number of carbonyl (C=O) groups is 1. The fourth-order valence-electron chi connectivity index (χ4n) is 2.15. The van der Waals surface area contributed by atoms with Crippen LogP contribution in [0, 0.1) is 5.82 Å². The van der Waals surface area contributed by atoms with Crippen LogP contribution in [-0.2, 0) is 4.79 Å². The van der Waals surface area contributed by atoms with Gasteiger partial charge in [0.05, 0.1) is 0 Å². The van der Waals surface area contributed by atoms with Crippen LogP contribution >= 0.6 is 11.6 Å². The Morgan fingerprint density at radius 2 is 2.21 bits per heavy atom. The van der Waals surface area contributed by atoms with Crippen molar-refractivity contribution in [3.05, 3.63) is 34.6 Å². The molecule has 3 nitrogen and oxygen atoms in total. The van der Waals surface area contributed by atoms with Crippen molar-refractivity contribution in [3.63, 3.8) is 0 Å². The quantitative estimate of drug-likeness (QED) is 0.837. The molecule has 0 bridgehead atoms. The Kier molecular flexibility index (Phi) is 5.32. The zero-order valence-electron chi connectivity index (χ0n) is 11.3. The van der Waals surface area contributed by atoms with E-state index in [1.165, 1.54) is 12.1 Å². The first-order valence-electron chi connectivity index (χ1n) is 6.26. The highest BCUT2D eigenvalue weighted by molar-refractivity contribution is 6.31. The minimum Gasteiger partial charge on any atom is -0.480 e. The van der Waals surface area contributed by atoms with Gasteiger partial charge in [-0.05, 0) is 38.0 Å². The summed E-state index contributed by atoms with van der Waals surface area (Å²) in [5, 5.41) is 12.7. The van der Waals surface area contributed by atoms with E-state index in [1.807, 2.05) is 13.8 Å². The van der Waals surface area contributed by atoms with Gasteiger partial charge in [0, 0.05) is 11.1 Å². The van der Waals surface area contributed by atoms with Gasteiger partial charge in [0.25, 0.3) is 0 Å². The molecule has 0 fully saturated rings. The number of aliphatic carboxylic acids is 1. The van der Waals surface area contributed by atoms with E-state index in [-0.39, 0.29) is 6.04 Å². The number of rotatable bonds is 6. The highest BCUT2D eigenvalue weighted by Gasteiger charge is 2.33. The summed E-state index contributed by atoms with van der Waals surface area (Å²) in [6.07, 6.45) is 1.26. The maximum Gasteiger partial charge on any atom is 0.323 e. The molecule has 2 unspecified atom stereocenters. The first-order chi connectivity index (χ1) is 8.80. The van der Waals surface area contributed by atoms with Crippen LogP contribution in [0.1, 0.15) is 45.2 Å². The summed E-state index contributed by atoms with van der Waals surface area (Å²) in [6.45, 7) is 5.39. The van der Waals surface area contributed by atoms with E-state index in [4.69, 9.17) is 11.6 Å². The van der Waals surface area contributed by atoms with Crippen LogP contribution in [0.5, 0.6) is 0 Å². The molecule has 1 rings (SSSR count). The molecule has 0 radical (unpaired) electrons. The maximum atomic E-state index is 13.0. The average molecular weight is 288 g/mol. The molecule has 0 saturated heterocycles. The lowest BCUT2D eigenvalue weighted by Gasteiger charge is -2.30. The minimum atomic E-state index is -1.02. The Labute approximate surface area is 117 Å². The van der Waals surface area contributed by atoms with Gasteiger partial charge >= 0.3 is 5.97 Å². The third kappa shape index (κ3) is 3.91. The topological polar surface area (TPSA) is 49.3 Å². The fraction of sp³-hybridized carbons (Fsp3) is 0.500. The molecule has 0 aromatic heterocycles. The summed E-state index contributed by atoms with van der Waals surface area (Å²) in [5.41, 5.74) is -0.335. The molecule has 1 aromatic carbocycles. The van der Waals surface area contributed by atoms with E-state index in [9.17, 15) is 14.3 Å². The molecule has 0 aliphatic carbocycles. The highest BCUT2D eigenvalue weighted by Crippen LogP contribution is 2.26. The number of carboxylic acids is 1. The summed E-state index contributed by atoms with van der Waals surface area (Å²) < 4.78 is 13.0. The molecular formula is C14H19ClFNO2. The Balaban J connectivity index is 2.94. The Morgan fingerprint density at radius 1 is 1.58 bits per heavy atom. The van der Waals surface area contributed by atoms with Gasteiger partial charge in [-0.15, -0.1) is 0 Å². The zero-order chi connectivity index (χ0) is 14.6. The second-order valence-electron chi connectivity index (χ2n) is 4.92. The van der Waals surface area contributed by atoms with E-state index in [0.717, 1.165) is 6.42 Å². The number of carboxylic acid groups (broad SMARTS) is 1. The van der Waals surface area contributed by atoms with Crippen molar-refractivity contribution in [2.45, 2.75) is 45.2 Å². The van der Waals surface area contributed by atoms with E-state index in [1.54, 1.807) is 13.0 Å². The number of hydrogen-bond acceptors (Lipinski definition) is 2. The zero-order valence-corrected chi connectivity index (χ0v) is 12.1. The predicted octanol–water partition coefficient (Wildman–Crippen LogP) is 3.77. The summed E-state index contributed by atoms with van der Waals surface area (Å²) in [7, 11) is 0. The van der Waals surface area contributed by atoms with Gasteiger partial charge in [-0.1, -0.05) is 31.0 Å². The van der Waals surface area contributed by atoms with Crippen LogP contribution in [0.2, 0.25) is 5.02 Å². The second kappa shape index (κ2) is 6.35. The van der Waals surface area contributed by atoms with Gasteiger partial charge in [0.15, 0.2) is 0 Å². The molecule has 1 aromatic rings. The minimum absolute atomic E-state index is 0.277. The third-order valence-electron chi connectivity index (χ3n) is 3.19. The fourth-order valence-corrected chi connectivity index (χ4v) is 2.48. The van der Waals surface area contributed by atoms with Gasteiger partial charge in [0.2, 0.25) is 0 Å². The van der Waals surface area contributed by atoms with Crippen LogP contribution in [0.4, 0.5) is 4.39 Å². The lowest BCUT2D eigenvalue weighted by atomic mass is 9.94. The molecule has 0 heterocycles. The van der Waals surface area contributed by atoms with Crippen molar-refractivity contribution in [2.75, 3.05) is 0 Å². The van der Waals surface area contributed by atoms with Crippen molar-refractivity contribution in [1.82, 2.24) is 5.32 Å². The molecule has 0 aliphatic heterocycles. The largest absolute Gasteiger partial charge is 0.480 e. The van der Waals surface area contributed by atoms with Gasteiger partial charge < -0.3 is 5.11 Å². The van der Waals surface area contributed by atoms with E-state index >= 15 is 0 Å². The van der Waals surface area contributed by atoms with Crippen molar-refractivity contribution >= 4 is 17.6 Å². The smallest absolute Gasteiger partial charge is 0.323 e. The highest BCUT2D eigenvalue weighted by atomic mass is 35.5. The van der Waals surface area contributed by atoms with Crippen molar-refractivity contribution in [3.8, 4) is 0 Å². The van der Waals surface area contributed by atoms with Gasteiger partial charge in [-0.3, -0.25) is 10.1 Å². The standard InChI is InChI=1S/C14H19ClFNO2/c1-4-7-14(3,13(18)19)17-9(2)11-6-5-10(16)8-12(11)15/h5-6,8-9,17H,4,7H2,1-3H3,(H,18,19). The van der Waals surface area contributed by atoms with Crippen LogP contribution in [0.15, 0.2) is 18.2 Å². The van der Waals surface area contributed by atoms with Crippen LogP contribution in [0.3, 0.4) is 0 Å². The first-order valence-corrected chi connectivity index (χ1v) is 6.64.